The number of carbonyl (C=O) groups excluding carboxylic acids is 3. The predicted molar refractivity (Wildman–Crippen MR) is 124 cm³/mol. The molecular weight excluding hydrogens is 462 g/mol. The Balaban J connectivity index is 3.02. The van der Waals surface area contributed by atoms with Crippen LogP contribution in [0.25, 0.3) is 0 Å². The maximum absolute atomic E-state index is 13.1. The Morgan fingerprint density at radius 2 is 1.46 bits per heavy atom. The van der Waals surface area contributed by atoms with Gasteiger partial charge < -0.3 is 42.7 Å². The van der Waals surface area contributed by atoms with Crippen molar-refractivity contribution in [2.75, 3.05) is 13.1 Å². The molecule has 1 aromatic rings. The molecule has 0 radical (unpaired) electrons. The molecule has 13 nitrogen and oxygen atoms in total. The lowest BCUT2D eigenvalue weighted by Crippen LogP contribution is -2.56. The van der Waals surface area contributed by atoms with Crippen LogP contribution in [0.3, 0.4) is 0 Å². The molecule has 1 rings (SSSR count). The molecule has 35 heavy (non-hydrogen) atoms. The maximum Gasteiger partial charge on any atom is 0.322 e. The van der Waals surface area contributed by atoms with Gasteiger partial charge in [0.05, 0.1) is 6.04 Å². The predicted octanol–water partition coefficient (Wildman–Crippen LogP) is -1.57. The molecular formula is C22H33N5O8. The van der Waals surface area contributed by atoms with Crippen LogP contribution in [-0.4, -0.2) is 76.2 Å². The summed E-state index contributed by atoms with van der Waals surface area (Å²) in [6.45, 7) is -0.272. The molecule has 0 saturated carbocycles. The minimum absolute atomic E-state index is 0.00421. The number of carboxylic acid groups (broad SMARTS) is 2. The van der Waals surface area contributed by atoms with Gasteiger partial charge >= 0.3 is 11.9 Å². The number of hydrogen-bond donors (Lipinski definition) is 8. The van der Waals surface area contributed by atoms with E-state index in [1.54, 1.807) is 12.1 Å². The minimum Gasteiger partial charge on any atom is -0.508 e. The number of aliphatic carboxylic acids is 2. The van der Waals surface area contributed by atoms with Gasteiger partial charge in [0.2, 0.25) is 17.7 Å². The second-order valence-electron chi connectivity index (χ2n) is 7.93. The smallest absolute Gasteiger partial charge is 0.322 e. The fourth-order valence-electron chi connectivity index (χ4n) is 3.09. The summed E-state index contributed by atoms with van der Waals surface area (Å²) < 4.78 is 0. The van der Waals surface area contributed by atoms with Gasteiger partial charge in [-0.1, -0.05) is 18.6 Å². The summed E-state index contributed by atoms with van der Waals surface area (Å²) in [5.74, 6) is -4.80. The van der Waals surface area contributed by atoms with Crippen LogP contribution in [0.5, 0.6) is 5.75 Å². The number of nitrogens with two attached hydrogens (primary N) is 2. The van der Waals surface area contributed by atoms with E-state index in [9.17, 15) is 29.1 Å². The number of hydrogen-bond acceptors (Lipinski definition) is 8. The molecule has 3 unspecified atom stereocenters. The number of phenols is 1. The zero-order valence-electron chi connectivity index (χ0n) is 19.2. The number of phenolic OH excluding ortho intramolecular Hbond substituents is 1. The summed E-state index contributed by atoms with van der Waals surface area (Å²) in [5.41, 5.74) is 11.9. The lowest BCUT2D eigenvalue weighted by Gasteiger charge is -2.24. The van der Waals surface area contributed by atoms with E-state index in [2.05, 4.69) is 16.0 Å². The number of amides is 3. The van der Waals surface area contributed by atoms with Crippen LogP contribution < -0.4 is 27.4 Å². The third kappa shape index (κ3) is 11.8. The molecule has 194 valence electrons. The van der Waals surface area contributed by atoms with Crippen LogP contribution in [0, 0.1) is 0 Å². The average Bonchev–Trinajstić information content (AvgIpc) is 2.80. The fourth-order valence-corrected chi connectivity index (χ4v) is 3.09. The van der Waals surface area contributed by atoms with Crippen LogP contribution >= 0.6 is 0 Å². The highest BCUT2D eigenvalue weighted by Crippen LogP contribution is 2.12. The number of aromatic hydroxyl groups is 1. The summed E-state index contributed by atoms with van der Waals surface area (Å²) >= 11 is 0. The van der Waals surface area contributed by atoms with E-state index in [-0.39, 0.29) is 18.6 Å². The highest BCUT2D eigenvalue weighted by molar-refractivity contribution is 5.94. The standard InChI is InChI=1S/C22H33N5O8/c23-10-2-1-3-15(24)20(33)27-17(11-13-4-6-14(28)7-5-13)22(35)26-16(8-9-18(29)30)21(34)25-12-19(31)32/h4-7,15-17,28H,1-3,8-12,23-24H2,(H,25,34)(H,26,35)(H,27,33)(H,29,30)(H,31,32). The molecule has 1 aromatic carbocycles. The van der Waals surface area contributed by atoms with Crippen LogP contribution in [0.2, 0.25) is 0 Å². The van der Waals surface area contributed by atoms with Crippen molar-refractivity contribution in [1.82, 2.24) is 16.0 Å². The highest BCUT2D eigenvalue weighted by Gasteiger charge is 2.29. The fraction of sp³-hybridized carbons (Fsp3) is 0.500. The second-order valence-corrected chi connectivity index (χ2v) is 7.93. The average molecular weight is 496 g/mol. The first-order valence-corrected chi connectivity index (χ1v) is 11.1. The summed E-state index contributed by atoms with van der Waals surface area (Å²) in [4.78, 5) is 59.7. The number of carboxylic acids is 2. The molecule has 0 aliphatic rings. The van der Waals surface area contributed by atoms with Gasteiger partial charge in [0.1, 0.15) is 24.4 Å². The molecule has 0 fully saturated rings. The topological polar surface area (TPSA) is 234 Å². The molecule has 0 heterocycles. The van der Waals surface area contributed by atoms with E-state index < -0.39 is 60.8 Å². The van der Waals surface area contributed by atoms with E-state index in [1.165, 1.54) is 12.1 Å². The highest BCUT2D eigenvalue weighted by atomic mass is 16.4. The van der Waals surface area contributed by atoms with Gasteiger partial charge in [0.15, 0.2) is 0 Å². The summed E-state index contributed by atoms with van der Waals surface area (Å²) in [6, 6.07) is 2.45. The molecule has 0 saturated heterocycles. The summed E-state index contributed by atoms with van der Waals surface area (Å²) in [6.07, 6.45) is 0.846. The quantitative estimate of drug-likeness (QED) is 0.123. The summed E-state index contributed by atoms with van der Waals surface area (Å²) in [7, 11) is 0. The van der Waals surface area contributed by atoms with Crippen LogP contribution in [0.1, 0.15) is 37.7 Å². The molecule has 13 heteroatoms. The Morgan fingerprint density at radius 1 is 0.829 bits per heavy atom. The van der Waals surface area contributed by atoms with Gasteiger partial charge in [-0.25, -0.2) is 0 Å². The van der Waals surface area contributed by atoms with Crippen LogP contribution in [0.4, 0.5) is 0 Å². The third-order valence-electron chi connectivity index (χ3n) is 5.01. The Morgan fingerprint density at radius 3 is 2.03 bits per heavy atom. The SMILES string of the molecule is NCCCCC(N)C(=O)NC(Cc1ccc(O)cc1)C(=O)NC(CCC(=O)O)C(=O)NCC(=O)O. The number of unbranched alkanes of at least 4 members (excludes halogenated alkanes) is 1. The largest absolute Gasteiger partial charge is 0.508 e. The molecule has 0 spiro atoms. The van der Waals surface area contributed by atoms with Crippen molar-refractivity contribution in [2.24, 2.45) is 11.5 Å². The monoisotopic (exact) mass is 495 g/mol. The first-order valence-electron chi connectivity index (χ1n) is 11.1. The Bertz CT molecular complexity index is 877. The number of carbonyl (C=O) groups is 5. The van der Waals surface area contributed by atoms with E-state index >= 15 is 0 Å². The van der Waals surface area contributed by atoms with Crippen molar-refractivity contribution in [3.63, 3.8) is 0 Å². The molecule has 3 amide bonds. The van der Waals surface area contributed by atoms with E-state index in [1.807, 2.05) is 0 Å². The number of rotatable bonds is 16. The number of benzene rings is 1. The van der Waals surface area contributed by atoms with Crippen molar-refractivity contribution >= 4 is 29.7 Å². The van der Waals surface area contributed by atoms with Crippen LogP contribution in [-0.2, 0) is 30.4 Å². The third-order valence-corrected chi connectivity index (χ3v) is 5.01. The lowest BCUT2D eigenvalue weighted by molar-refractivity contribution is -0.140. The Labute approximate surface area is 202 Å². The number of nitrogens with one attached hydrogen (secondary N) is 3. The van der Waals surface area contributed by atoms with Gasteiger partial charge in [-0.15, -0.1) is 0 Å². The first kappa shape index (κ1) is 29.3. The van der Waals surface area contributed by atoms with Crippen LogP contribution in [0.15, 0.2) is 24.3 Å². The minimum atomic E-state index is -1.35. The van der Waals surface area contributed by atoms with Gasteiger partial charge in [-0.3, -0.25) is 24.0 Å². The van der Waals surface area contributed by atoms with E-state index in [0.29, 0.717) is 31.4 Å². The van der Waals surface area contributed by atoms with Gasteiger partial charge in [-0.05, 0) is 43.5 Å². The molecule has 0 bridgehead atoms. The normalized spacial score (nSPS) is 13.2. The molecule has 0 aliphatic carbocycles. The molecule has 0 aliphatic heterocycles. The molecule has 0 aromatic heterocycles. The van der Waals surface area contributed by atoms with E-state index in [0.717, 1.165) is 0 Å². The first-order chi connectivity index (χ1) is 16.5. The van der Waals surface area contributed by atoms with Crippen molar-refractivity contribution in [2.45, 2.75) is 56.7 Å². The maximum atomic E-state index is 13.1. The second kappa shape index (κ2) is 15.2. The lowest BCUT2D eigenvalue weighted by atomic mass is 10.0. The molecule has 10 N–H and O–H groups in total. The Hall–Kier alpha value is -3.71. The van der Waals surface area contributed by atoms with Crippen molar-refractivity contribution in [3.8, 4) is 5.75 Å². The zero-order valence-corrected chi connectivity index (χ0v) is 19.2. The Kier molecular flexibility index (Phi) is 12.8. The van der Waals surface area contributed by atoms with E-state index in [4.69, 9.17) is 21.7 Å². The zero-order chi connectivity index (χ0) is 26.4. The van der Waals surface area contributed by atoms with Crippen molar-refractivity contribution in [1.29, 1.82) is 0 Å². The molecule has 3 atom stereocenters. The van der Waals surface area contributed by atoms with Gasteiger partial charge in [0.25, 0.3) is 0 Å². The van der Waals surface area contributed by atoms with Gasteiger partial charge in [-0.2, -0.15) is 0 Å². The van der Waals surface area contributed by atoms with Crippen molar-refractivity contribution in [3.05, 3.63) is 29.8 Å². The van der Waals surface area contributed by atoms with Crippen molar-refractivity contribution < 1.29 is 39.3 Å². The summed E-state index contributed by atoms with van der Waals surface area (Å²) in [5, 5.41) is 34.3. The van der Waals surface area contributed by atoms with Gasteiger partial charge in [0, 0.05) is 12.8 Å².